The van der Waals surface area contributed by atoms with E-state index in [4.69, 9.17) is 5.11 Å². The predicted molar refractivity (Wildman–Crippen MR) is 70.6 cm³/mol. The molecular formula is C12H23N3O3. The highest BCUT2D eigenvalue weighted by molar-refractivity contribution is 5.82. The molecule has 0 heterocycles. The number of amides is 2. The fourth-order valence-corrected chi connectivity index (χ4v) is 1.37. The Morgan fingerprint density at radius 1 is 1.33 bits per heavy atom. The average molecular weight is 257 g/mol. The van der Waals surface area contributed by atoms with Gasteiger partial charge in [-0.2, -0.15) is 0 Å². The molecule has 0 aliphatic carbocycles. The van der Waals surface area contributed by atoms with Gasteiger partial charge in [-0.3, -0.25) is 0 Å². The van der Waals surface area contributed by atoms with Gasteiger partial charge in [0.15, 0.2) is 0 Å². The number of carbonyl (C=O) groups is 2. The zero-order valence-electron chi connectivity index (χ0n) is 11.3. The quantitative estimate of drug-likeness (QED) is 0.625. The molecule has 1 atom stereocenters. The minimum absolute atomic E-state index is 0.215. The standard InChI is InChI=1S/C12H23N3O3/c1-5-7-10(11(16)17)13-12(18)15(4)9-6-8-14(2)3/h5,10H,1,6-9H2,2-4H3,(H,13,18)(H,16,17). The van der Waals surface area contributed by atoms with E-state index in [1.54, 1.807) is 7.05 Å². The number of urea groups is 1. The molecule has 0 aromatic carbocycles. The topological polar surface area (TPSA) is 72.9 Å². The van der Waals surface area contributed by atoms with Crippen LogP contribution in [0.1, 0.15) is 12.8 Å². The van der Waals surface area contributed by atoms with Crippen LogP contribution in [0.5, 0.6) is 0 Å². The average Bonchev–Trinajstić information content (AvgIpc) is 2.27. The van der Waals surface area contributed by atoms with Crippen molar-refractivity contribution in [3.8, 4) is 0 Å². The highest BCUT2D eigenvalue weighted by atomic mass is 16.4. The minimum Gasteiger partial charge on any atom is -0.480 e. The lowest BCUT2D eigenvalue weighted by Gasteiger charge is -2.21. The van der Waals surface area contributed by atoms with E-state index in [1.165, 1.54) is 11.0 Å². The van der Waals surface area contributed by atoms with Crippen molar-refractivity contribution in [3.63, 3.8) is 0 Å². The van der Waals surface area contributed by atoms with Crippen LogP contribution >= 0.6 is 0 Å². The van der Waals surface area contributed by atoms with Crippen LogP contribution in [0.4, 0.5) is 4.79 Å². The van der Waals surface area contributed by atoms with Gasteiger partial charge in [0.25, 0.3) is 0 Å². The van der Waals surface area contributed by atoms with Crippen LogP contribution in [-0.4, -0.2) is 67.2 Å². The molecule has 1 unspecified atom stereocenters. The number of hydrogen-bond acceptors (Lipinski definition) is 3. The molecule has 18 heavy (non-hydrogen) atoms. The molecule has 0 bridgehead atoms. The number of nitrogens with one attached hydrogen (secondary N) is 1. The van der Waals surface area contributed by atoms with Gasteiger partial charge in [0.05, 0.1) is 0 Å². The van der Waals surface area contributed by atoms with Crippen molar-refractivity contribution in [2.75, 3.05) is 34.2 Å². The summed E-state index contributed by atoms with van der Waals surface area (Å²) in [5.41, 5.74) is 0. The third kappa shape index (κ3) is 6.90. The van der Waals surface area contributed by atoms with Crippen LogP contribution in [0, 0.1) is 0 Å². The van der Waals surface area contributed by atoms with E-state index in [-0.39, 0.29) is 12.5 Å². The maximum atomic E-state index is 11.7. The zero-order valence-corrected chi connectivity index (χ0v) is 11.3. The first-order valence-corrected chi connectivity index (χ1v) is 5.88. The van der Waals surface area contributed by atoms with E-state index in [0.717, 1.165) is 13.0 Å². The van der Waals surface area contributed by atoms with Crippen LogP contribution < -0.4 is 5.32 Å². The summed E-state index contributed by atoms with van der Waals surface area (Å²) < 4.78 is 0. The second-order valence-corrected chi connectivity index (χ2v) is 4.44. The van der Waals surface area contributed by atoms with Crippen molar-refractivity contribution in [3.05, 3.63) is 12.7 Å². The first kappa shape index (κ1) is 16.4. The third-order valence-electron chi connectivity index (χ3n) is 2.44. The first-order valence-electron chi connectivity index (χ1n) is 5.88. The Morgan fingerprint density at radius 2 is 1.94 bits per heavy atom. The van der Waals surface area contributed by atoms with Crippen molar-refractivity contribution in [2.24, 2.45) is 0 Å². The predicted octanol–water partition coefficient (Wildman–Crippen LogP) is 0.609. The second kappa shape index (κ2) is 8.52. The Balaban J connectivity index is 4.12. The monoisotopic (exact) mass is 257 g/mol. The third-order valence-corrected chi connectivity index (χ3v) is 2.44. The Morgan fingerprint density at radius 3 is 2.39 bits per heavy atom. The summed E-state index contributed by atoms with van der Waals surface area (Å²) in [5, 5.41) is 11.4. The van der Waals surface area contributed by atoms with E-state index >= 15 is 0 Å². The van der Waals surface area contributed by atoms with Gasteiger partial charge in [-0.05, 0) is 33.5 Å². The molecular weight excluding hydrogens is 234 g/mol. The van der Waals surface area contributed by atoms with Gasteiger partial charge in [0.2, 0.25) is 0 Å². The van der Waals surface area contributed by atoms with Gasteiger partial charge in [0.1, 0.15) is 6.04 Å². The van der Waals surface area contributed by atoms with Crippen molar-refractivity contribution in [2.45, 2.75) is 18.9 Å². The highest BCUT2D eigenvalue weighted by Gasteiger charge is 2.19. The van der Waals surface area contributed by atoms with Crippen LogP contribution in [-0.2, 0) is 4.79 Å². The molecule has 0 saturated carbocycles. The summed E-state index contributed by atoms with van der Waals surface area (Å²) in [6.45, 7) is 4.94. The molecule has 104 valence electrons. The van der Waals surface area contributed by atoms with Crippen molar-refractivity contribution < 1.29 is 14.7 Å². The Hall–Kier alpha value is -1.56. The summed E-state index contributed by atoms with van der Waals surface area (Å²) >= 11 is 0. The summed E-state index contributed by atoms with van der Waals surface area (Å²) in [7, 11) is 5.58. The molecule has 6 nitrogen and oxygen atoms in total. The maximum Gasteiger partial charge on any atom is 0.326 e. The number of carboxylic acid groups (broad SMARTS) is 1. The summed E-state index contributed by atoms with van der Waals surface area (Å²) in [4.78, 5) is 26.1. The van der Waals surface area contributed by atoms with E-state index in [2.05, 4.69) is 11.9 Å². The molecule has 0 rings (SSSR count). The number of nitrogens with zero attached hydrogens (tertiary/aromatic N) is 2. The molecule has 2 N–H and O–H groups in total. The lowest BCUT2D eigenvalue weighted by molar-refractivity contribution is -0.139. The van der Waals surface area contributed by atoms with Gasteiger partial charge < -0.3 is 20.2 Å². The lowest BCUT2D eigenvalue weighted by Crippen LogP contribution is -2.46. The Labute approximate surface area is 108 Å². The van der Waals surface area contributed by atoms with Crippen LogP contribution in [0.3, 0.4) is 0 Å². The number of hydrogen-bond donors (Lipinski definition) is 2. The molecule has 2 amide bonds. The molecule has 0 aliphatic heterocycles. The van der Waals surface area contributed by atoms with Gasteiger partial charge in [-0.25, -0.2) is 9.59 Å². The largest absolute Gasteiger partial charge is 0.480 e. The minimum atomic E-state index is -1.05. The number of aliphatic carboxylic acids is 1. The Bertz CT molecular complexity index is 292. The maximum absolute atomic E-state index is 11.7. The highest BCUT2D eigenvalue weighted by Crippen LogP contribution is 1.96. The van der Waals surface area contributed by atoms with Gasteiger partial charge >= 0.3 is 12.0 Å². The van der Waals surface area contributed by atoms with E-state index < -0.39 is 12.0 Å². The normalized spacial score (nSPS) is 12.0. The SMILES string of the molecule is C=CCC(NC(=O)N(C)CCCN(C)C)C(=O)O. The fourth-order valence-electron chi connectivity index (χ4n) is 1.37. The van der Waals surface area contributed by atoms with Gasteiger partial charge in [-0.15, -0.1) is 6.58 Å². The van der Waals surface area contributed by atoms with Gasteiger partial charge in [0, 0.05) is 13.6 Å². The Kier molecular flexibility index (Phi) is 7.78. The smallest absolute Gasteiger partial charge is 0.326 e. The van der Waals surface area contributed by atoms with Crippen LogP contribution in [0.25, 0.3) is 0 Å². The molecule has 0 saturated heterocycles. The van der Waals surface area contributed by atoms with Crippen LogP contribution in [0.15, 0.2) is 12.7 Å². The van der Waals surface area contributed by atoms with E-state index in [9.17, 15) is 9.59 Å². The summed E-state index contributed by atoms with van der Waals surface area (Å²) in [6.07, 6.45) is 2.54. The van der Waals surface area contributed by atoms with Crippen LogP contribution in [0.2, 0.25) is 0 Å². The molecule has 0 spiro atoms. The van der Waals surface area contributed by atoms with Crippen molar-refractivity contribution >= 4 is 12.0 Å². The first-order chi connectivity index (χ1) is 8.38. The summed E-state index contributed by atoms with van der Waals surface area (Å²) in [5.74, 6) is -1.05. The number of rotatable bonds is 8. The second-order valence-electron chi connectivity index (χ2n) is 4.44. The zero-order chi connectivity index (χ0) is 14.1. The van der Waals surface area contributed by atoms with Gasteiger partial charge in [-0.1, -0.05) is 6.08 Å². The van der Waals surface area contributed by atoms with Crippen molar-refractivity contribution in [1.29, 1.82) is 0 Å². The molecule has 0 aromatic heterocycles. The fraction of sp³-hybridized carbons (Fsp3) is 0.667. The number of carbonyl (C=O) groups excluding carboxylic acids is 1. The molecule has 0 radical (unpaired) electrons. The molecule has 6 heteroatoms. The number of carboxylic acids is 1. The molecule has 0 aromatic rings. The van der Waals surface area contributed by atoms with Crippen molar-refractivity contribution in [1.82, 2.24) is 15.1 Å². The molecule has 0 aliphatic rings. The lowest BCUT2D eigenvalue weighted by atomic mass is 10.2. The van der Waals surface area contributed by atoms with E-state index in [0.29, 0.717) is 6.54 Å². The van der Waals surface area contributed by atoms with E-state index in [1.807, 2.05) is 19.0 Å². The summed E-state index contributed by atoms with van der Waals surface area (Å²) in [6, 6.07) is -1.28. The molecule has 0 fully saturated rings.